The molecular weight excluding hydrogens is 312 g/mol. The van der Waals surface area contributed by atoms with Gasteiger partial charge in [0.25, 0.3) is 5.91 Å². The Hall–Kier alpha value is -2.49. The molecular formula is C21H28N2O2. The third-order valence-electron chi connectivity index (χ3n) is 4.08. The summed E-state index contributed by atoms with van der Waals surface area (Å²) >= 11 is 0. The van der Waals surface area contributed by atoms with Crippen LogP contribution in [0, 0.1) is 0 Å². The SMILES string of the molecule is CC(C)(C)c1cc(NNC(=O)c2ccccc2)cc(C(C)(C)C)c1O. The molecule has 1 amide bonds. The van der Waals surface area contributed by atoms with Crippen LogP contribution in [0.1, 0.15) is 63.0 Å². The number of carbonyl (C=O) groups is 1. The fourth-order valence-corrected chi connectivity index (χ4v) is 2.64. The molecule has 3 N–H and O–H groups in total. The fraction of sp³-hybridized carbons (Fsp3) is 0.381. The Morgan fingerprint density at radius 3 is 1.80 bits per heavy atom. The number of phenolic OH excluding ortho intramolecular Hbond substituents is 1. The first-order valence-corrected chi connectivity index (χ1v) is 8.49. The van der Waals surface area contributed by atoms with Crippen molar-refractivity contribution in [1.82, 2.24) is 5.43 Å². The summed E-state index contributed by atoms with van der Waals surface area (Å²) in [6.07, 6.45) is 0. The van der Waals surface area contributed by atoms with Crippen molar-refractivity contribution < 1.29 is 9.90 Å². The number of nitrogens with one attached hydrogen (secondary N) is 2. The van der Waals surface area contributed by atoms with Gasteiger partial charge >= 0.3 is 0 Å². The van der Waals surface area contributed by atoms with Gasteiger partial charge < -0.3 is 5.11 Å². The van der Waals surface area contributed by atoms with E-state index in [0.29, 0.717) is 11.3 Å². The van der Waals surface area contributed by atoms with E-state index in [2.05, 4.69) is 52.4 Å². The molecule has 0 heterocycles. The van der Waals surface area contributed by atoms with Crippen molar-refractivity contribution in [2.24, 2.45) is 0 Å². The quantitative estimate of drug-likeness (QED) is 0.558. The van der Waals surface area contributed by atoms with Gasteiger partial charge in [0, 0.05) is 16.7 Å². The van der Waals surface area contributed by atoms with Gasteiger partial charge in [-0.05, 0) is 35.1 Å². The first-order valence-electron chi connectivity index (χ1n) is 8.49. The lowest BCUT2D eigenvalue weighted by Crippen LogP contribution is -2.30. The minimum Gasteiger partial charge on any atom is -0.507 e. The number of benzene rings is 2. The molecule has 0 spiro atoms. The molecule has 0 aliphatic heterocycles. The van der Waals surface area contributed by atoms with Crippen LogP contribution in [0.2, 0.25) is 0 Å². The standard InChI is InChI=1S/C21H28N2O2/c1-20(2,3)16-12-15(13-17(18(16)24)21(4,5)6)22-23-19(25)14-10-8-7-9-11-14/h7-13,22,24H,1-6H3,(H,23,25). The molecule has 0 aromatic heterocycles. The Morgan fingerprint density at radius 1 is 0.880 bits per heavy atom. The molecule has 0 bridgehead atoms. The van der Waals surface area contributed by atoms with Gasteiger partial charge in [0.1, 0.15) is 5.75 Å². The third-order valence-corrected chi connectivity index (χ3v) is 4.08. The molecule has 25 heavy (non-hydrogen) atoms. The van der Waals surface area contributed by atoms with Gasteiger partial charge in [-0.25, -0.2) is 0 Å². The molecule has 0 saturated heterocycles. The van der Waals surface area contributed by atoms with Crippen LogP contribution in [0.25, 0.3) is 0 Å². The van der Waals surface area contributed by atoms with Crippen molar-refractivity contribution in [1.29, 1.82) is 0 Å². The molecule has 0 saturated carbocycles. The van der Waals surface area contributed by atoms with Gasteiger partial charge in [0.2, 0.25) is 0 Å². The van der Waals surface area contributed by atoms with E-state index in [0.717, 1.165) is 16.8 Å². The predicted octanol–water partition coefficient (Wildman–Crippen LogP) is 4.74. The molecule has 0 aliphatic carbocycles. The molecule has 0 atom stereocenters. The smallest absolute Gasteiger partial charge is 0.269 e. The van der Waals surface area contributed by atoms with E-state index in [1.807, 2.05) is 30.3 Å². The highest BCUT2D eigenvalue weighted by molar-refractivity contribution is 5.94. The Balaban J connectivity index is 2.33. The van der Waals surface area contributed by atoms with Crippen molar-refractivity contribution in [3.05, 3.63) is 59.2 Å². The maximum atomic E-state index is 12.2. The van der Waals surface area contributed by atoms with Gasteiger partial charge in [0.05, 0.1) is 5.69 Å². The van der Waals surface area contributed by atoms with Crippen LogP contribution in [0.5, 0.6) is 5.75 Å². The minimum atomic E-state index is -0.217. The Kier molecular flexibility index (Phi) is 5.12. The first kappa shape index (κ1) is 18.8. The summed E-state index contributed by atoms with van der Waals surface area (Å²) < 4.78 is 0. The number of amides is 1. The van der Waals surface area contributed by atoms with E-state index >= 15 is 0 Å². The van der Waals surface area contributed by atoms with E-state index in [4.69, 9.17) is 0 Å². The maximum absolute atomic E-state index is 12.2. The number of carbonyl (C=O) groups excluding carboxylic acids is 1. The first-order chi connectivity index (χ1) is 11.5. The van der Waals surface area contributed by atoms with Gasteiger partial charge in [-0.1, -0.05) is 59.7 Å². The highest BCUT2D eigenvalue weighted by Crippen LogP contribution is 2.40. The molecule has 0 unspecified atom stereocenters. The molecule has 2 rings (SSSR count). The normalized spacial score (nSPS) is 11.9. The molecule has 0 radical (unpaired) electrons. The zero-order chi connectivity index (χ0) is 18.8. The zero-order valence-corrected chi connectivity index (χ0v) is 15.9. The van der Waals surface area contributed by atoms with Crippen molar-refractivity contribution in [2.45, 2.75) is 52.4 Å². The second-order valence-corrected chi connectivity index (χ2v) is 8.37. The lowest BCUT2D eigenvalue weighted by atomic mass is 9.79. The van der Waals surface area contributed by atoms with Gasteiger partial charge in [-0.15, -0.1) is 0 Å². The van der Waals surface area contributed by atoms with Crippen molar-refractivity contribution in [3.8, 4) is 5.75 Å². The van der Waals surface area contributed by atoms with Crippen LogP contribution in [0.3, 0.4) is 0 Å². The Bertz CT molecular complexity index is 719. The lowest BCUT2D eigenvalue weighted by Gasteiger charge is -2.28. The molecule has 2 aromatic rings. The van der Waals surface area contributed by atoms with E-state index < -0.39 is 0 Å². The number of anilines is 1. The molecule has 4 heteroatoms. The highest BCUT2D eigenvalue weighted by Gasteiger charge is 2.26. The molecule has 0 aliphatic rings. The summed E-state index contributed by atoms with van der Waals surface area (Å²) in [5, 5.41) is 10.7. The number of phenols is 1. The maximum Gasteiger partial charge on any atom is 0.269 e. The second kappa shape index (κ2) is 6.79. The van der Waals surface area contributed by atoms with E-state index in [1.165, 1.54) is 0 Å². The number of hydrazine groups is 1. The summed E-state index contributed by atoms with van der Waals surface area (Å²) in [5.74, 6) is 0.114. The molecule has 0 fully saturated rings. The van der Waals surface area contributed by atoms with Gasteiger partial charge in [0.15, 0.2) is 0 Å². The van der Waals surface area contributed by atoms with Crippen LogP contribution in [0.4, 0.5) is 5.69 Å². The van der Waals surface area contributed by atoms with Crippen molar-refractivity contribution in [2.75, 3.05) is 5.43 Å². The number of hydrogen-bond acceptors (Lipinski definition) is 3. The summed E-state index contributed by atoms with van der Waals surface area (Å²) in [4.78, 5) is 12.2. The third kappa shape index (κ3) is 4.53. The number of rotatable bonds is 3. The summed E-state index contributed by atoms with van der Waals surface area (Å²) in [6, 6.07) is 12.8. The topological polar surface area (TPSA) is 61.4 Å². The Morgan fingerprint density at radius 2 is 1.36 bits per heavy atom. The van der Waals surface area contributed by atoms with E-state index in [-0.39, 0.29) is 16.7 Å². The predicted molar refractivity (Wildman–Crippen MR) is 103 cm³/mol. The van der Waals surface area contributed by atoms with Gasteiger partial charge in [-0.2, -0.15) is 0 Å². The summed E-state index contributed by atoms with van der Waals surface area (Å²) in [6.45, 7) is 12.3. The van der Waals surface area contributed by atoms with Crippen LogP contribution in [-0.4, -0.2) is 11.0 Å². The van der Waals surface area contributed by atoms with Crippen LogP contribution >= 0.6 is 0 Å². The largest absolute Gasteiger partial charge is 0.507 e. The van der Waals surface area contributed by atoms with Crippen LogP contribution in [-0.2, 0) is 10.8 Å². The fourth-order valence-electron chi connectivity index (χ4n) is 2.64. The minimum absolute atomic E-state index is 0.205. The average molecular weight is 340 g/mol. The van der Waals surface area contributed by atoms with E-state index in [9.17, 15) is 9.90 Å². The highest BCUT2D eigenvalue weighted by atomic mass is 16.3. The van der Waals surface area contributed by atoms with Crippen molar-refractivity contribution in [3.63, 3.8) is 0 Å². The zero-order valence-electron chi connectivity index (χ0n) is 15.9. The average Bonchev–Trinajstić information content (AvgIpc) is 2.52. The van der Waals surface area contributed by atoms with Gasteiger partial charge in [-0.3, -0.25) is 15.6 Å². The van der Waals surface area contributed by atoms with Crippen LogP contribution < -0.4 is 10.9 Å². The van der Waals surface area contributed by atoms with Crippen LogP contribution in [0.15, 0.2) is 42.5 Å². The molecule has 134 valence electrons. The molecule has 2 aromatic carbocycles. The lowest BCUT2D eigenvalue weighted by molar-refractivity contribution is 0.0962. The monoisotopic (exact) mass is 340 g/mol. The summed E-state index contributed by atoms with van der Waals surface area (Å²) in [5.41, 5.74) is 8.29. The Labute approximate surface area is 150 Å². The number of hydrogen-bond donors (Lipinski definition) is 3. The number of aromatic hydroxyl groups is 1. The molecule has 4 nitrogen and oxygen atoms in total. The van der Waals surface area contributed by atoms with Crippen molar-refractivity contribution >= 4 is 11.6 Å². The van der Waals surface area contributed by atoms with E-state index in [1.54, 1.807) is 12.1 Å². The second-order valence-electron chi connectivity index (χ2n) is 8.37. The summed E-state index contributed by atoms with van der Waals surface area (Å²) in [7, 11) is 0.